The van der Waals surface area contributed by atoms with Crippen molar-refractivity contribution < 1.29 is 4.79 Å². The van der Waals surface area contributed by atoms with E-state index in [2.05, 4.69) is 19.6 Å². The van der Waals surface area contributed by atoms with Gasteiger partial charge in [0.15, 0.2) is 0 Å². The molecule has 0 aromatic rings. The van der Waals surface area contributed by atoms with Gasteiger partial charge in [0.1, 0.15) is 0 Å². The van der Waals surface area contributed by atoms with Crippen LogP contribution in [0.4, 0.5) is 0 Å². The summed E-state index contributed by atoms with van der Waals surface area (Å²) in [5.74, 6) is 0. The quantitative estimate of drug-likeness (QED) is 0.366. The number of hydrogen-bond acceptors (Lipinski definition) is 1. The fourth-order valence-corrected chi connectivity index (χ4v) is 1.16. The first-order chi connectivity index (χ1) is 5.77. The molecule has 0 N–H and O–H groups in total. The van der Waals surface area contributed by atoms with Gasteiger partial charge < -0.3 is 0 Å². The molecular formula is C10H18OS. The molecule has 0 aromatic heterocycles. The van der Waals surface area contributed by atoms with Gasteiger partial charge in [-0.25, -0.2) is 0 Å². The summed E-state index contributed by atoms with van der Waals surface area (Å²) in [6.07, 6.45) is 10.8. The zero-order chi connectivity index (χ0) is 9.23. The maximum atomic E-state index is 10.4. The molecule has 1 nitrogen and oxygen atoms in total. The van der Waals surface area contributed by atoms with Crippen LogP contribution in [0.1, 0.15) is 45.4 Å². The van der Waals surface area contributed by atoms with Crippen LogP contribution in [0.3, 0.4) is 0 Å². The second kappa shape index (κ2) is 8.85. The molecule has 0 aromatic carbocycles. The molecule has 0 unspecified atom stereocenters. The minimum absolute atomic E-state index is 0.149. The number of rotatable bonds is 7. The number of allylic oxidation sites excluding steroid dienone is 1. The van der Waals surface area contributed by atoms with Crippen LogP contribution in [-0.2, 0) is 4.79 Å². The zero-order valence-electron chi connectivity index (χ0n) is 7.75. The highest BCUT2D eigenvalue weighted by Gasteiger charge is 1.87. The van der Waals surface area contributed by atoms with Gasteiger partial charge >= 0.3 is 0 Å². The number of hydrogen-bond donors (Lipinski definition) is 1. The molecule has 0 atom stereocenters. The van der Waals surface area contributed by atoms with Crippen molar-refractivity contribution in [2.45, 2.75) is 45.4 Å². The van der Waals surface area contributed by atoms with Crippen LogP contribution in [0, 0.1) is 0 Å². The van der Waals surface area contributed by atoms with E-state index in [0.717, 1.165) is 6.42 Å². The van der Waals surface area contributed by atoms with E-state index in [1.807, 2.05) is 6.08 Å². The lowest BCUT2D eigenvalue weighted by atomic mass is 10.1. The van der Waals surface area contributed by atoms with E-state index in [1.165, 1.54) is 38.2 Å². The molecule has 2 heteroatoms. The predicted octanol–water partition coefficient (Wildman–Crippen LogP) is 3.36. The maximum Gasteiger partial charge on any atom is 0.208 e. The van der Waals surface area contributed by atoms with Gasteiger partial charge in [-0.1, -0.05) is 38.7 Å². The summed E-state index contributed by atoms with van der Waals surface area (Å²) >= 11 is 3.63. The molecule has 70 valence electrons. The van der Waals surface area contributed by atoms with Crippen molar-refractivity contribution in [1.82, 2.24) is 0 Å². The smallest absolute Gasteiger partial charge is 0.208 e. The molecule has 0 saturated carbocycles. The summed E-state index contributed by atoms with van der Waals surface area (Å²) in [7, 11) is 0. The van der Waals surface area contributed by atoms with Gasteiger partial charge in [0.05, 0.1) is 0 Å². The fourth-order valence-electron chi connectivity index (χ4n) is 1.05. The molecule has 0 aliphatic heterocycles. The zero-order valence-corrected chi connectivity index (χ0v) is 8.65. The highest BCUT2D eigenvalue weighted by molar-refractivity contribution is 7.97. The largest absolute Gasteiger partial charge is 0.283 e. The minimum atomic E-state index is -0.149. The molecule has 0 heterocycles. The molecule has 12 heavy (non-hydrogen) atoms. The molecule has 0 aliphatic carbocycles. The van der Waals surface area contributed by atoms with Crippen LogP contribution in [0.2, 0.25) is 0 Å². The van der Waals surface area contributed by atoms with Crippen molar-refractivity contribution in [1.29, 1.82) is 0 Å². The van der Waals surface area contributed by atoms with Crippen molar-refractivity contribution in [3.05, 3.63) is 12.2 Å². The Morgan fingerprint density at radius 3 is 2.50 bits per heavy atom. The van der Waals surface area contributed by atoms with E-state index in [0.29, 0.717) is 0 Å². The number of thiol groups is 1. The van der Waals surface area contributed by atoms with Crippen molar-refractivity contribution in [3.63, 3.8) is 0 Å². The summed E-state index contributed by atoms with van der Waals surface area (Å²) in [6, 6.07) is 0. The Kier molecular flexibility index (Phi) is 8.68. The first-order valence-corrected chi connectivity index (χ1v) is 5.11. The Balaban J connectivity index is 3.05. The van der Waals surface area contributed by atoms with E-state index in [-0.39, 0.29) is 5.12 Å². The summed E-state index contributed by atoms with van der Waals surface area (Å²) in [5, 5.41) is -0.149. The lowest BCUT2D eigenvalue weighted by Crippen LogP contribution is -1.78. The predicted molar refractivity (Wildman–Crippen MR) is 56.5 cm³/mol. The highest BCUT2D eigenvalue weighted by Crippen LogP contribution is 2.05. The lowest BCUT2D eigenvalue weighted by molar-refractivity contribution is -0.106. The molecule has 0 rings (SSSR count). The van der Waals surface area contributed by atoms with Crippen molar-refractivity contribution in [3.8, 4) is 0 Å². The van der Waals surface area contributed by atoms with Gasteiger partial charge in [-0.2, -0.15) is 0 Å². The van der Waals surface area contributed by atoms with E-state index in [9.17, 15) is 4.79 Å². The van der Waals surface area contributed by atoms with E-state index >= 15 is 0 Å². The average Bonchev–Trinajstić information content (AvgIpc) is 2.02. The van der Waals surface area contributed by atoms with Gasteiger partial charge in [0.25, 0.3) is 0 Å². The van der Waals surface area contributed by atoms with E-state index in [1.54, 1.807) is 0 Å². The topological polar surface area (TPSA) is 17.1 Å². The monoisotopic (exact) mass is 186 g/mol. The Morgan fingerprint density at radius 1 is 1.25 bits per heavy atom. The average molecular weight is 186 g/mol. The summed E-state index contributed by atoms with van der Waals surface area (Å²) < 4.78 is 0. The third-order valence-electron chi connectivity index (χ3n) is 1.73. The third kappa shape index (κ3) is 9.76. The van der Waals surface area contributed by atoms with Gasteiger partial charge in [-0.15, -0.1) is 12.6 Å². The van der Waals surface area contributed by atoms with Gasteiger partial charge in [-0.05, 0) is 18.9 Å². The SMILES string of the molecule is CCCCCCC/C=C/C(=O)S. The Bertz CT molecular complexity index is 141. The van der Waals surface area contributed by atoms with Crippen LogP contribution < -0.4 is 0 Å². The lowest BCUT2D eigenvalue weighted by Gasteiger charge is -1.95. The maximum absolute atomic E-state index is 10.4. The Hall–Kier alpha value is -0.240. The first-order valence-electron chi connectivity index (χ1n) is 4.67. The number of unbranched alkanes of at least 4 members (excludes halogenated alkanes) is 5. The second-order valence-electron chi connectivity index (χ2n) is 2.94. The number of carbonyl (C=O) groups is 1. The van der Waals surface area contributed by atoms with Crippen LogP contribution in [-0.4, -0.2) is 5.12 Å². The molecule has 0 fully saturated rings. The first kappa shape index (κ1) is 11.8. The fraction of sp³-hybridized carbons (Fsp3) is 0.700. The van der Waals surface area contributed by atoms with Crippen LogP contribution in [0.15, 0.2) is 12.2 Å². The molecular weight excluding hydrogens is 168 g/mol. The van der Waals surface area contributed by atoms with Gasteiger partial charge in [-0.3, -0.25) is 4.79 Å². The normalized spacial score (nSPS) is 10.8. The molecule has 0 bridgehead atoms. The van der Waals surface area contributed by atoms with E-state index < -0.39 is 0 Å². The minimum Gasteiger partial charge on any atom is -0.283 e. The van der Waals surface area contributed by atoms with Crippen LogP contribution in [0.25, 0.3) is 0 Å². The third-order valence-corrected chi connectivity index (χ3v) is 1.88. The standard InChI is InChI=1S/C10H18OS/c1-2-3-4-5-6-7-8-9-10(11)12/h8-9H,2-7H2,1H3,(H,11,12)/b9-8+. The summed E-state index contributed by atoms with van der Waals surface area (Å²) in [6.45, 7) is 2.21. The van der Waals surface area contributed by atoms with Crippen LogP contribution in [0.5, 0.6) is 0 Å². The second-order valence-corrected chi connectivity index (χ2v) is 3.38. The molecule has 0 saturated heterocycles. The summed E-state index contributed by atoms with van der Waals surface area (Å²) in [5.41, 5.74) is 0. The molecule has 0 spiro atoms. The highest BCUT2D eigenvalue weighted by atomic mass is 32.1. The molecule has 0 aliphatic rings. The molecule has 0 radical (unpaired) electrons. The number of carbonyl (C=O) groups excluding carboxylic acids is 1. The van der Waals surface area contributed by atoms with Gasteiger partial charge in [0.2, 0.25) is 5.12 Å². The van der Waals surface area contributed by atoms with Gasteiger partial charge in [0, 0.05) is 0 Å². The Morgan fingerprint density at radius 2 is 1.92 bits per heavy atom. The Labute approximate surface area is 80.7 Å². The summed E-state index contributed by atoms with van der Waals surface area (Å²) in [4.78, 5) is 10.4. The molecule has 0 amide bonds. The van der Waals surface area contributed by atoms with Crippen molar-refractivity contribution in [2.24, 2.45) is 0 Å². The van der Waals surface area contributed by atoms with Crippen molar-refractivity contribution in [2.75, 3.05) is 0 Å². The van der Waals surface area contributed by atoms with Crippen LogP contribution >= 0.6 is 12.6 Å². The van der Waals surface area contributed by atoms with Crippen molar-refractivity contribution >= 4 is 17.7 Å². The van der Waals surface area contributed by atoms with E-state index in [4.69, 9.17) is 0 Å².